The molecule has 0 amide bonds. The second kappa shape index (κ2) is 4.17. The second-order valence-corrected chi connectivity index (χ2v) is 5.79. The van der Waals surface area contributed by atoms with Crippen LogP contribution < -0.4 is 0 Å². The SMILES string of the molecule is c1cn(-c2ccc([C@]34CCCN(CC3)C4)cn2)cn1. The monoisotopic (exact) mass is 254 g/mol. The largest absolute Gasteiger partial charge is 0.302 e. The van der Waals surface area contributed by atoms with Crippen LogP contribution in [0.3, 0.4) is 0 Å². The fourth-order valence-corrected chi connectivity index (χ4v) is 3.62. The van der Waals surface area contributed by atoms with E-state index in [1.54, 1.807) is 12.5 Å². The predicted octanol–water partition coefficient (Wildman–Crippen LogP) is 2.00. The van der Waals surface area contributed by atoms with Gasteiger partial charge in [-0.25, -0.2) is 9.97 Å². The van der Waals surface area contributed by atoms with Crippen molar-refractivity contribution in [2.24, 2.45) is 0 Å². The topological polar surface area (TPSA) is 34.0 Å². The van der Waals surface area contributed by atoms with Crippen molar-refractivity contribution in [1.82, 2.24) is 19.4 Å². The molecule has 4 nitrogen and oxygen atoms in total. The molecule has 2 atom stereocenters. The quantitative estimate of drug-likeness (QED) is 0.822. The third-order valence-electron chi connectivity index (χ3n) is 4.69. The molecule has 2 aromatic heterocycles. The summed E-state index contributed by atoms with van der Waals surface area (Å²) in [6, 6.07) is 4.38. The number of piperidine rings is 1. The highest BCUT2D eigenvalue weighted by molar-refractivity contribution is 5.32. The van der Waals surface area contributed by atoms with Gasteiger partial charge in [-0.15, -0.1) is 0 Å². The summed E-state index contributed by atoms with van der Waals surface area (Å²) >= 11 is 0. The molecule has 0 aliphatic carbocycles. The van der Waals surface area contributed by atoms with E-state index in [2.05, 4.69) is 33.2 Å². The fourth-order valence-electron chi connectivity index (χ4n) is 3.62. The summed E-state index contributed by atoms with van der Waals surface area (Å²) < 4.78 is 1.95. The number of hydrogen-bond acceptors (Lipinski definition) is 3. The molecule has 0 spiro atoms. The number of rotatable bonds is 2. The number of fused-ring (bicyclic) bond motifs is 2. The molecule has 2 bridgehead atoms. The van der Waals surface area contributed by atoms with Crippen LogP contribution in [0.2, 0.25) is 0 Å². The second-order valence-electron chi connectivity index (χ2n) is 5.79. The van der Waals surface area contributed by atoms with Gasteiger partial charge in [0.2, 0.25) is 0 Å². The van der Waals surface area contributed by atoms with Crippen molar-refractivity contribution in [2.75, 3.05) is 19.6 Å². The molecule has 2 saturated heterocycles. The summed E-state index contributed by atoms with van der Waals surface area (Å²) in [7, 11) is 0. The fraction of sp³-hybridized carbons (Fsp3) is 0.467. The first kappa shape index (κ1) is 11.2. The minimum Gasteiger partial charge on any atom is -0.302 e. The Labute approximate surface area is 113 Å². The van der Waals surface area contributed by atoms with Gasteiger partial charge in [-0.1, -0.05) is 6.07 Å². The third-order valence-corrected chi connectivity index (χ3v) is 4.69. The third kappa shape index (κ3) is 1.78. The van der Waals surface area contributed by atoms with Gasteiger partial charge < -0.3 is 4.90 Å². The van der Waals surface area contributed by atoms with Crippen LogP contribution >= 0.6 is 0 Å². The van der Waals surface area contributed by atoms with E-state index in [1.165, 1.54) is 44.5 Å². The molecular weight excluding hydrogens is 236 g/mol. The Morgan fingerprint density at radius 1 is 1.16 bits per heavy atom. The van der Waals surface area contributed by atoms with Crippen LogP contribution in [0.25, 0.3) is 5.82 Å². The van der Waals surface area contributed by atoms with Crippen molar-refractivity contribution in [1.29, 1.82) is 0 Å². The summed E-state index contributed by atoms with van der Waals surface area (Å²) in [5.74, 6) is 0.948. The maximum Gasteiger partial charge on any atom is 0.137 e. The Bertz CT molecular complexity index is 556. The molecule has 4 rings (SSSR count). The number of pyridine rings is 1. The first-order valence-corrected chi connectivity index (χ1v) is 7.03. The highest BCUT2D eigenvalue weighted by Crippen LogP contribution is 2.41. The van der Waals surface area contributed by atoms with Crippen LogP contribution in [-0.4, -0.2) is 39.1 Å². The van der Waals surface area contributed by atoms with E-state index in [-0.39, 0.29) is 0 Å². The minimum absolute atomic E-state index is 0.374. The zero-order chi connectivity index (χ0) is 12.7. The van der Waals surface area contributed by atoms with E-state index in [0.717, 1.165) is 5.82 Å². The summed E-state index contributed by atoms with van der Waals surface area (Å²) in [5, 5.41) is 0. The molecule has 98 valence electrons. The Hall–Kier alpha value is -1.68. The van der Waals surface area contributed by atoms with Crippen LogP contribution in [0, 0.1) is 0 Å². The van der Waals surface area contributed by atoms with E-state index in [0.29, 0.717) is 5.41 Å². The molecule has 19 heavy (non-hydrogen) atoms. The molecule has 2 aliphatic heterocycles. The normalized spacial score (nSPS) is 29.6. The molecule has 4 heteroatoms. The van der Waals surface area contributed by atoms with Crippen molar-refractivity contribution < 1.29 is 0 Å². The van der Waals surface area contributed by atoms with E-state index in [4.69, 9.17) is 0 Å². The average molecular weight is 254 g/mol. The molecule has 1 unspecified atom stereocenters. The minimum atomic E-state index is 0.374. The highest BCUT2D eigenvalue weighted by atomic mass is 15.2. The first-order chi connectivity index (χ1) is 9.36. The Balaban J connectivity index is 1.66. The molecular formula is C15H18N4. The van der Waals surface area contributed by atoms with Gasteiger partial charge in [-0.3, -0.25) is 4.57 Å². The van der Waals surface area contributed by atoms with Gasteiger partial charge in [-0.2, -0.15) is 0 Å². The standard InChI is InChI=1S/C15H18N4/c1-4-15(5-8-18(7-1)11-15)13-2-3-14(17-10-13)19-9-6-16-12-19/h2-3,6,9-10,12H,1,4-5,7-8,11H2/t15-/m1/s1. The molecule has 0 saturated carbocycles. The molecule has 2 aromatic rings. The molecule has 0 radical (unpaired) electrons. The maximum absolute atomic E-state index is 4.61. The lowest BCUT2D eigenvalue weighted by Gasteiger charge is -2.34. The Morgan fingerprint density at radius 3 is 2.95 bits per heavy atom. The zero-order valence-corrected chi connectivity index (χ0v) is 11.0. The van der Waals surface area contributed by atoms with Crippen LogP contribution in [-0.2, 0) is 5.41 Å². The first-order valence-electron chi connectivity index (χ1n) is 7.03. The number of nitrogens with zero attached hydrogens (tertiary/aromatic N) is 4. The summed E-state index contributed by atoms with van der Waals surface area (Å²) in [5.41, 5.74) is 1.79. The summed E-state index contributed by atoms with van der Waals surface area (Å²) in [6.45, 7) is 3.75. The van der Waals surface area contributed by atoms with Crippen LogP contribution in [0.5, 0.6) is 0 Å². The lowest BCUT2D eigenvalue weighted by molar-refractivity contribution is 0.243. The van der Waals surface area contributed by atoms with Gasteiger partial charge >= 0.3 is 0 Å². The van der Waals surface area contributed by atoms with Crippen LogP contribution in [0.1, 0.15) is 24.8 Å². The summed E-state index contributed by atoms with van der Waals surface area (Å²) in [6.07, 6.45) is 11.5. The molecule has 0 aromatic carbocycles. The van der Waals surface area contributed by atoms with Gasteiger partial charge in [0.05, 0.1) is 0 Å². The van der Waals surface area contributed by atoms with Crippen molar-refractivity contribution in [3.63, 3.8) is 0 Å². The molecule has 4 heterocycles. The van der Waals surface area contributed by atoms with Gasteiger partial charge in [-0.05, 0) is 44.0 Å². The Kier molecular flexibility index (Phi) is 2.45. The van der Waals surface area contributed by atoms with Gasteiger partial charge in [0.15, 0.2) is 0 Å². The lowest BCUT2D eigenvalue weighted by Crippen LogP contribution is -2.36. The van der Waals surface area contributed by atoms with Gasteiger partial charge in [0.25, 0.3) is 0 Å². The predicted molar refractivity (Wildman–Crippen MR) is 73.3 cm³/mol. The molecule has 2 fully saturated rings. The van der Waals surface area contributed by atoms with E-state index in [9.17, 15) is 0 Å². The van der Waals surface area contributed by atoms with E-state index in [1.807, 2.05) is 10.8 Å². The smallest absolute Gasteiger partial charge is 0.137 e. The zero-order valence-electron chi connectivity index (χ0n) is 11.0. The molecule has 0 N–H and O–H groups in total. The number of imidazole rings is 1. The van der Waals surface area contributed by atoms with Crippen molar-refractivity contribution in [2.45, 2.75) is 24.7 Å². The molecule has 2 aliphatic rings. The van der Waals surface area contributed by atoms with Gasteiger partial charge in [0, 0.05) is 30.6 Å². The summed E-state index contributed by atoms with van der Waals surface area (Å²) in [4.78, 5) is 11.3. The van der Waals surface area contributed by atoms with Crippen LogP contribution in [0.4, 0.5) is 0 Å². The maximum atomic E-state index is 4.61. The van der Waals surface area contributed by atoms with E-state index < -0.39 is 0 Å². The van der Waals surface area contributed by atoms with Gasteiger partial charge in [0.1, 0.15) is 12.1 Å². The van der Waals surface area contributed by atoms with Crippen LogP contribution in [0.15, 0.2) is 37.1 Å². The number of hydrogen-bond donors (Lipinski definition) is 0. The average Bonchev–Trinajstić information content (AvgIpc) is 3.09. The Morgan fingerprint density at radius 2 is 2.16 bits per heavy atom. The van der Waals surface area contributed by atoms with Crippen molar-refractivity contribution in [3.05, 3.63) is 42.6 Å². The van der Waals surface area contributed by atoms with E-state index >= 15 is 0 Å². The highest BCUT2D eigenvalue weighted by Gasteiger charge is 2.42. The van der Waals surface area contributed by atoms with Crippen molar-refractivity contribution >= 4 is 0 Å². The lowest BCUT2D eigenvalue weighted by atomic mass is 9.75. The van der Waals surface area contributed by atoms with Crippen molar-refractivity contribution in [3.8, 4) is 5.82 Å². The number of aromatic nitrogens is 3.